The minimum atomic E-state index is -0.216. The van der Waals surface area contributed by atoms with E-state index in [0.717, 1.165) is 50.5 Å². The van der Waals surface area contributed by atoms with E-state index in [0.29, 0.717) is 5.52 Å². The Morgan fingerprint density at radius 3 is 2.36 bits per heavy atom. The van der Waals surface area contributed by atoms with Gasteiger partial charge in [-0.3, -0.25) is 4.90 Å². The Balaban J connectivity index is 1.45. The van der Waals surface area contributed by atoms with Crippen LogP contribution < -0.4 is 4.90 Å². The van der Waals surface area contributed by atoms with Crippen LogP contribution in [-0.2, 0) is 5.41 Å². The van der Waals surface area contributed by atoms with E-state index in [1.807, 2.05) is 60.8 Å². The quantitative estimate of drug-likeness (QED) is 0.222. The van der Waals surface area contributed by atoms with Gasteiger partial charge in [0.1, 0.15) is 17.1 Å². The average Bonchev–Trinajstić information content (AvgIpc) is 3.01. The van der Waals surface area contributed by atoms with Crippen LogP contribution in [0.5, 0.6) is 5.75 Å². The second kappa shape index (κ2) is 9.90. The van der Waals surface area contributed by atoms with Crippen molar-refractivity contribution in [2.45, 2.75) is 26.2 Å². The molecular weight excluding hydrogens is 514 g/mol. The number of phenols is 1. The maximum atomic E-state index is 10.8. The van der Waals surface area contributed by atoms with Crippen LogP contribution in [0.15, 0.2) is 115 Å². The summed E-state index contributed by atoms with van der Waals surface area (Å²) in [4.78, 5) is 12.0. The Hall–Kier alpha value is -5.40. The summed E-state index contributed by atoms with van der Waals surface area (Å²) in [5, 5.41) is 11.6. The summed E-state index contributed by atoms with van der Waals surface area (Å²) in [6.07, 6.45) is 1.86. The van der Waals surface area contributed by atoms with Gasteiger partial charge < -0.3 is 5.11 Å². The van der Waals surface area contributed by atoms with E-state index in [2.05, 4.69) is 86.0 Å². The minimum absolute atomic E-state index is 0.135. The SMILES string of the molecule is Cc1ccnc(N2c3ccccc3C(C)(C)c3ccc(-c4cc(C#Cc5ccccc5)c5cccc(O)c5n4)cc32)c1. The lowest BCUT2D eigenvalue weighted by molar-refractivity contribution is 0.480. The van der Waals surface area contributed by atoms with Crippen molar-refractivity contribution in [2.24, 2.45) is 0 Å². The molecule has 0 spiro atoms. The van der Waals surface area contributed by atoms with Gasteiger partial charge in [0.25, 0.3) is 0 Å². The Labute approximate surface area is 246 Å². The number of benzene rings is 4. The molecule has 0 saturated carbocycles. The van der Waals surface area contributed by atoms with Crippen molar-refractivity contribution in [1.82, 2.24) is 9.97 Å². The van der Waals surface area contributed by atoms with Crippen LogP contribution in [0.4, 0.5) is 17.2 Å². The zero-order chi connectivity index (χ0) is 28.8. The molecule has 0 aliphatic carbocycles. The monoisotopic (exact) mass is 543 g/mol. The highest BCUT2D eigenvalue weighted by atomic mass is 16.3. The maximum Gasteiger partial charge on any atom is 0.141 e. The largest absolute Gasteiger partial charge is 0.506 e. The number of nitrogens with zero attached hydrogens (tertiary/aromatic N) is 3. The number of pyridine rings is 2. The average molecular weight is 544 g/mol. The van der Waals surface area contributed by atoms with Gasteiger partial charge in [0.05, 0.1) is 17.1 Å². The van der Waals surface area contributed by atoms with E-state index in [1.165, 1.54) is 11.1 Å². The van der Waals surface area contributed by atoms with Crippen LogP contribution in [-0.4, -0.2) is 15.1 Å². The van der Waals surface area contributed by atoms with Crippen LogP contribution in [0.3, 0.4) is 0 Å². The number of aromatic nitrogens is 2. The molecule has 0 unspecified atom stereocenters. The third-order valence-corrected chi connectivity index (χ3v) is 8.09. The van der Waals surface area contributed by atoms with E-state index in [4.69, 9.17) is 9.97 Å². The van der Waals surface area contributed by atoms with Crippen molar-refractivity contribution < 1.29 is 5.11 Å². The Kier molecular flexibility index (Phi) is 6.03. The molecule has 7 rings (SSSR count). The van der Waals surface area contributed by atoms with Crippen molar-refractivity contribution in [1.29, 1.82) is 0 Å². The molecule has 42 heavy (non-hydrogen) atoms. The minimum Gasteiger partial charge on any atom is -0.506 e. The van der Waals surface area contributed by atoms with E-state index in [9.17, 15) is 5.11 Å². The third-order valence-electron chi connectivity index (χ3n) is 8.09. The predicted molar refractivity (Wildman–Crippen MR) is 171 cm³/mol. The number of rotatable bonds is 2. The third kappa shape index (κ3) is 4.27. The number of para-hydroxylation sites is 2. The van der Waals surface area contributed by atoms with Gasteiger partial charge >= 0.3 is 0 Å². The molecule has 1 aliphatic heterocycles. The fourth-order valence-corrected chi connectivity index (χ4v) is 5.91. The summed E-state index contributed by atoms with van der Waals surface area (Å²) in [7, 11) is 0. The van der Waals surface area contributed by atoms with Crippen LogP contribution in [0, 0.1) is 18.8 Å². The second-order valence-corrected chi connectivity index (χ2v) is 11.2. The van der Waals surface area contributed by atoms with E-state index >= 15 is 0 Å². The van der Waals surface area contributed by atoms with Gasteiger partial charge in [0.2, 0.25) is 0 Å². The molecule has 4 nitrogen and oxygen atoms in total. The molecule has 0 bridgehead atoms. The number of fused-ring (bicyclic) bond motifs is 3. The molecular formula is C38H29N3O. The zero-order valence-electron chi connectivity index (χ0n) is 23.8. The van der Waals surface area contributed by atoms with Crippen molar-refractivity contribution in [2.75, 3.05) is 4.90 Å². The highest BCUT2D eigenvalue weighted by Crippen LogP contribution is 2.52. The molecule has 6 aromatic rings. The summed E-state index contributed by atoms with van der Waals surface area (Å²) in [6, 6.07) is 36.6. The molecule has 0 radical (unpaired) electrons. The van der Waals surface area contributed by atoms with Gasteiger partial charge in [-0.15, -0.1) is 0 Å². The Morgan fingerprint density at radius 2 is 1.52 bits per heavy atom. The molecule has 0 amide bonds. The van der Waals surface area contributed by atoms with Crippen molar-refractivity contribution in [3.63, 3.8) is 0 Å². The number of hydrogen-bond donors (Lipinski definition) is 1. The highest BCUT2D eigenvalue weighted by Gasteiger charge is 2.37. The normalized spacial score (nSPS) is 13.2. The summed E-state index contributed by atoms with van der Waals surface area (Å²) in [6.45, 7) is 6.63. The van der Waals surface area contributed by atoms with Crippen molar-refractivity contribution in [3.05, 3.63) is 143 Å². The fourth-order valence-electron chi connectivity index (χ4n) is 5.91. The van der Waals surface area contributed by atoms with Gasteiger partial charge in [0.15, 0.2) is 0 Å². The summed E-state index contributed by atoms with van der Waals surface area (Å²) in [5.74, 6) is 7.64. The Bertz CT molecular complexity index is 2050. The van der Waals surface area contributed by atoms with Gasteiger partial charge in [-0.2, -0.15) is 0 Å². The van der Waals surface area contributed by atoms with Crippen LogP contribution in [0.2, 0.25) is 0 Å². The molecule has 2 aromatic heterocycles. The number of anilines is 3. The summed E-state index contributed by atoms with van der Waals surface area (Å²) in [5.41, 5.74) is 9.53. The van der Waals surface area contributed by atoms with Gasteiger partial charge in [-0.25, -0.2) is 9.97 Å². The Morgan fingerprint density at radius 1 is 0.738 bits per heavy atom. The molecule has 1 N–H and O–H groups in total. The molecule has 3 heterocycles. The van der Waals surface area contributed by atoms with E-state index < -0.39 is 0 Å². The summed E-state index contributed by atoms with van der Waals surface area (Å²) >= 11 is 0. The van der Waals surface area contributed by atoms with Crippen molar-refractivity contribution >= 4 is 28.1 Å². The van der Waals surface area contributed by atoms with E-state index in [-0.39, 0.29) is 11.2 Å². The zero-order valence-corrected chi connectivity index (χ0v) is 23.8. The lowest BCUT2D eigenvalue weighted by Crippen LogP contribution is -2.31. The van der Waals surface area contributed by atoms with Gasteiger partial charge in [-0.1, -0.05) is 86.4 Å². The van der Waals surface area contributed by atoms with Crippen LogP contribution in [0.1, 0.15) is 41.7 Å². The first-order valence-corrected chi connectivity index (χ1v) is 14.1. The smallest absolute Gasteiger partial charge is 0.141 e. The fraction of sp³-hybridized carbons (Fsp3) is 0.105. The maximum absolute atomic E-state index is 10.8. The second-order valence-electron chi connectivity index (χ2n) is 11.2. The lowest BCUT2D eigenvalue weighted by Gasteiger charge is -2.41. The molecule has 0 saturated heterocycles. The van der Waals surface area contributed by atoms with Gasteiger partial charge in [0, 0.05) is 33.7 Å². The first-order valence-electron chi connectivity index (χ1n) is 14.1. The number of hydrogen-bond acceptors (Lipinski definition) is 4. The highest BCUT2D eigenvalue weighted by molar-refractivity contribution is 5.93. The molecule has 0 atom stereocenters. The standard InChI is InChI=1S/C38H29N3O/c1-25-20-21-39-36(22-25)41-33-14-8-7-13-30(33)38(2,3)31-19-18-28(24-34(31)41)32-23-27(17-16-26-10-5-4-6-11-26)29-12-9-15-35(42)37(29)40-32/h4-15,18-24,42H,1-3H3. The topological polar surface area (TPSA) is 49.2 Å². The first kappa shape index (κ1) is 25.6. The molecule has 202 valence electrons. The molecule has 4 heteroatoms. The lowest BCUT2D eigenvalue weighted by atomic mass is 9.73. The number of aromatic hydroxyl groups is 1. The van der Waals surface area contributed by atoms with Gasteiger partial charge in [-0.05, 0) is 72.1 Å². The molecule has 0 fully saturated rings. The predicted octanol–water partition coefficient (Wildman–Crippen LogP) is 8.82. The first-order chi connectivity index (χ1) is 20.4. The summed E-state index contributed by atoms with van der Waals surface area (Å²) < 4.78 is 0. The van der Waals surface area contributed by atoms with Crippen LogP contribution in [0.25, 0.3) is 22.2 Å². The number of phenolic OH excluding ortho intramolecular Hbond substituents is 1. The molecule has 1 aliphatic rings. The van der Waals surface area contributed by atoms with Crippen molar-refractivity contribution in [3.8, 4) is 28.8 Å². The van der Waals surface area contributed by atoms with Crippen LogP contribution >= 0.6 is 0 Å². The molecule has 4 aromatic carbocycles. The number of aryl methyl sites for hydroxylation is 1. The van der Waals surface area contributed by atoms with E-state index in [1.54, 1.807) is 6.07 Å².